The van der Waals surface area contributed by atoms with E-state index in [0.717, 1.165) is 12.8 Å². The fourth-order valence-corrected chi connectivity index (χ4v) is 7.83. The average Bonchev–Trinajstić information content (AvgIpc) is 3.22. The maximum Gasteiger partial charge on any atom is 0.209 e. The molecule has 2 aliphatic heterocycles. The minimum Gasteiger partial charge on any atom is -0.347 e. The third-order valence-electron chi connectivity index (χ3n) is 10.6. The summed E-state index contributed by atoms with van der Waals surface area (Å²) in [4.78, 5) is 2.41. The van der Waals surface area contributed by atoms with Crippen molar-refractivity contribution >= 4 is 17.1 Å². The molecule has 190 valence electrons. The molecule has 4 aliphatic rings. The Labute approximate surface area is 223 Å². The van der Waals surface area contributed by atoms with Crippen LogP contribution in [0.15, 0.2) is 95.8 Å². The number of anilines is 1. The van der Waals surface area contributed by atoms with E-state index < -0.39 is 0 Å². The number of hydrogen-bond acceptors (Lipinski definition) is 1. The number of likely N-dealkylation sites (N-methyl/N-ethyl adjacent to an activating group) is 1. The molecule has 0 saturated heterocycles. The van der Waals surface area contributed by atoms with Crippen molar-refractivity contribution in [1.82, 2.24) is 0 Å². The third-order valence-corrected chi connectivity index (χ3v) is 10.6. The quantitative estimate of drug-likeness (QED) is 0.385. The van der Waals surface area contributed by atoms with Crippen LogP contribution in [0.5, 0.6) is 0 Å². The highest BCUT2D eigenvalue weighted by Crippen LogP contribution is 2.60. The Morgan fingerprint density at radius 2 is 1.43 bits per heavy atom. The number of hydrogen-bond donors (Lipinski definition) is 0. The lowest BCUT2D eigenvalue weighted by Gasteiger charge is -2.47. The van der Waals surface area contributed by atoms with Crippen molar-refractivity contribution in [1.29, 1.82) is 0 Å². The van der Waals surface area contributed by atoms with Crippen LogP contribution >= 0.6 is 0 Å². The van der Waals surface area contributed by atoms with Crippen LogP contribution in [-0.4, -0.2) is 24.4 Å². The van der Waals surface area contributed by atoms with Crippen LogP contribution in [0.1, 0.15) is 65.5 Å². The van der Waals surface area contributed by atoms with Gasteiger partial charge >= 0.3 is 0 Å². The zero-order valence-electron chi connectivity index (χ0n) is 23.8. The maximum absolute atomic E-state index is 2.45. The first-order valence-corrected chi connectivity index (χ1v) is 13.8. The zero-order valence-corrected chi connectivity index (χ0v) is 23.8. The van der Waals surface area contributed by atoms with Crippen molar-refractivity contribution in [3.63, 3.8) is 0 Å². The summed E-state index contributed by atoms with van der Waals surface area (Å²) in [6.07, 6.45) is 14.0. The Morgan fingerprint density at radius 1 is 0.784 bits per heavy atom. The summed E-state index contributed by atoms with van der Waals surface area (Å²) < 4.78 is 2.41. The Kier molecular flexibility index (Phi) is 5.04. The minimum atomic E-state index is 0.0263. The lowest BCUT2D eigenvalue weighted by Crippen LogP contribution is -2.47. The molecule has 0 bridgehead atoms. The lowest BCUT2D eigenvalue weighted by atomic mass is 9.56. The first-order chi connectivity index (χ1) is 17.4. The molecular formula is C35H41N2+. The van der Waals surface area contributed by atoms with Crippen LogP contribution in [-0.2, 0) is 10.8 Å². The Hall–Kier alpha value is -3.13. The topological polar surface area (TPSA) is 6.25 Å². The molecule has 0 spiro atoms. The van der Waals surface area contributed by atoms with Gasteiger partial charge in [-0.15, -0.1) is 0 Å². The van der Waals surface area contributed by atoms with E-state index in [9.17, 15) is 0 Å². The van der Waals surface area contributed by atoms with E-state index in [1.54, 1.807) is 0 Å². The number of benzene rings is 2. The number of rotatable bonds is 2. The highest BCUT2D eigenvalue weighted by Gasteiger charge is 2.57. The summed E-state index contributed by atoms with van der Waals surface area (Å²) in [5, 5.41) is 0. The van der Waals surface area contributed by atoms with E-state index >= 15 is 0 Å². The summed E-state index contributed by atoms with van der Waals surface area (Å²) in [6.45, 7) is 14.6. The molecule has 0 radical (unpaired) electrons. The molecule has 0 fully saturated rings. The van der Waals surface area contributed by atoms with Crippen LogP contribution in [0, 0.1) is 10.8 Å². The van der Waals surface area contributed by atoms with E-state index in [-0.39, 0.29) is 21.7 Å². The van der Waals surface area contributed by atoms with E-state index in [1.165, 1.54) is 45.1 Å². The van der Waals surface area contributed by atoms with Crippen LogP contribution in [0.3, 0.4) is 0 Å². The molecule has 2 heteroatoms. The van der Waals surface area contributed by atoms with Crippen LogP contribution < -0.4 is 4.90 Å². The van der Waals surface area contributed by atoms with Gasteiger partial charge in [0.15, 0.2) is 5.71 Å². The van der Waals surface area contributed by atoms with Crippen molar-refractivity contribution in [3.05, 3.63) is 107 Å². The predicted molar refractivity (Wildman–Crippen MR) is 157 cm³/mol. The van der Waals surface area contributed by atoms with Crippen LogP contribution in [0.2, 0.25) is 0 Å². The molecule has 0 aromatic heterocycles. The Bertz CT molecular complexity index is 1470. The number of fused-ring (bicyclic) bond motifs is 6. The van der Waals surface area contributed by atoms with Gasteiger partial charge in [-0.25, -0.2) is 0 Å². The van der Waals surface area contributed by atoms with Crippen molar-refractivity contribution in [3.8, 4) is 0 Å². The van der Waals surface area contributed by atoms with Gasteiger partial charge < -0.3 is 4.90 Å². The van der Waals surface area contributed by atoms with Gasteiger partial charge in [-0.2, -0.15) is 4.58 Å². The third kappa shape index (κ3) is 3.08. The monoisotopic (exact) mass is 489 g/mol. The smallest absolute Gasteiger partial charge is 0.209 e. The first-order valence-electron chi connectivity index (χ1n) is 13.8. The van der Waals surface area contributed by atoms with Crippen molar-refractivity contribution in [2.45, 2.75) is 65.2 Å². The first kappa shape index (κ1) is 24.2. The van der Waals surface area contributed by atoms with E-state index in [2.05, 4.69) is 144 Å². The van der Waals surface area contributed by atoms with Gasteiger partial charge in [0.1, 0.15) is 7.05 Å². The number of para-hydroxylation sites is 2. The highest BCUT2D eigenvalue weighted by molar-refractivity contribution is 6.05. The second-order valence-corrected chi connectivity index (χ2v) is 13.3. The average molecular weight is 490 g/mol. The summed E-state index contributed by atoms with van der Waals surface area (Å²) in [5.74, 6) is 0. The molecule has 2 atom stereocenters. The van der Waals surface area contributed by atoms with Gasteiger partial charge in [-0.1, -0.05) is 82.3 Å². The van der Waals surface area contributed by atoms with Crippen LogP contribution in [0.4, 0.5) is 11.4 Å². The second-order valence-electron chi connectivity index (χ2n) is 13.3. The van der Waals surface area contributed by atoms with Crippen molar-refractivity contribution in [2.24, 2.45) is 10.8 Å². The van der Waals surface area contributed by atoms with Crippen LogP contribution in [0.25, 0.3) is 0 Å². The van der Waals surface area contributed by atoms with Gasteiger partial charge in [0.2, 0.25) is 5.69 Å². The van der Waals surface area contributed by atoms with Gasteiger partial charge in [0, 0.05) is 41.6 Å². The normalized spacial score (nSPS) is 30.2. The summed E-state index contributed by atoms with van der Waals surface area (Å²) >= 11 is 0. The second kappa shape index (κ2) is 7.69. The summed E-state index contributed by atoms with van der Waals surface area (Å²) in [5.41, 5.74) is 11.6. The SMILES string of the molecule is CN1C2=C/C(=C/C=C/C3=CC4=[N+](C)c5ccccc5C4(C)C(C)(C)C3)CC(C)(C)C2(C)c2ccccc21. The predicted octanol–water partition coefficient (Wildman–Crippen LogP) is 8.23. The number of allylic oxidation sites excluding steroid dienone is 8. The molecule has 2 aliphatic carbocycles. The Morgan fingerprint density at radius 3 is 2.19 bits per heavy atom. The molecule has 6 rings (SSSR count). The molecular weight excluding hydrogens is 448 g/mol. The standard InChI is InChI=1S/C35H41N2/c1-32(2)22-24(20-30-34(32,5)26-16-9-11-18-28(26)36(30)7)14-13-15-25-21-31-35(6,33(3,4)23-25)27-17-10-12-19-29(27)37(31)8/h9-21H,22-23H2,1-8H3/q+1. The fraction of sp³-hybridized carbons (Fsp3) is 0.400. The Balaban J connectivity index is 1.35. The van der Waals surface area contributed by atoms with Gasteiger partial charge in [0.05, 0.1) is 5.41 Å². The highest BCUT2D eigenvalue weighted by atomic mass is 15.2. The molecule has 37 heavy (non-hydrogen) atoms. The molecule has 2 heterocycles. The summed E-state index contributed by atoms with van der Waals surface area (Å²) in [6, 6.07) is 17.9. The molecule has 2 aromatic rings. The maximum atomic E-state index is 2.45. The van der Waals surface area contributed by atoms with Crippen molar-refractivity contribution < 1.29 is 4.58 Å². The molecule has 0 amide bonds. The fourth-order valence-electron chi connectivity index (χ4n) is 7.83. The minimum absolute atomic E-state index is 0.0263. The van der Waals surface area contributed by atoms with Crippen molar-refractivity contribution in [2.75, 3.05) is 19.0 Å². The number of nitrogens with zero attached hydrogens (tertiary/aromatic N) is 2. The van der Waals surface area contributed by atoms with E-state index in [4.69, 9.17) is 0 Å². The zero-order chi connectivity index (χ0) is 26.4. The van der Waals surface area contributed by atoms with E-state index in [1.807, 2.05) is 0 Å². The van der Waals surface area contributed by atoms with Gasteiger partial charge in [-0.05, 0) is 66.4 Å². The lowest BCUT2D eigenvalue weighted by molar-refractivity contribution is -0.402. The van der Waals surface area contributed by atoms with Gasteiger partial charge in [-0.3, -0.25) is 0 Å². The van der Waals surface area contributed by atoms with E-state index in [0.29, 0.717) is 0 Å². The molecule has 0 N–H and O–H groups in total. The van der Waals surface area contributed by atoms with Gasteiger partial charge in [0.25, 0.3) is 0 Å². The molecule has 0 saturated carbocycles. The molecule has 2 aromatic carbocycles. The summed E-state index contributed by atoms with van der Waals surface area (Å²) in [7, 11) is 4.45. The molecule has 2 unspecified atom stereocenters. The largest absolute Gasteiger partial charge is 0.347 e. The molecule has 2 nitrogen and oxygen atoms in total.